The van der Waals surface area contributed by atoms with E-state index in [0.29, 0.717) is 15.7 Å². The Morgan fingerprint density at radius 3 is 2.80 bits per heavy atom. The predicted molar refractivity (Wildman–Crippen MR) is 85.6 cm³/mol. The molecule has 0 saturated carbocycles. The molecule has 6 heteroatoms. The third-order valence-corrected chi connectivity index (χ3v) is 4.55. The molecular formula is C14H11Cl2N3S. The number of hydrogen-bond acceptors (Lipinski definition) is 3. The summed E-state index contributed by atoms with van der Waals surface area (Å²) in [4.78, 5) is 5.53. The van der Waals surface area contributed by atoms with Crippen molar-refractivity contribution in [2.45, 2.75) is 10.6 Å². The topological polar surface area (TPSA) is 43.3 Å². The number of pyridine rings is 1. The van der Waals surface area contributed by atoms with Crippen LogP contribution in [0, 0.1) is 0 Å². The largest absolute Gasteiger partial charge is 0.399 e. The summed E-state index contributed by atoms with van der Waals surface area (Å²) in [5.41, 5.74) is 8.21. The van der Waals surface area contributed by atoms with Gasteiger partial charge in [0.15, 0.2) is 0 Å². The lowest BCUT2D eigenvalue weighted by Crippen LogP contribution is -1.85. The van der Waals surface area contributed by atoms with E-state index in [1.54, 1.807) is 17.8 Å². The zero-order valence-electron chi connectivity index (χ0n) is 10.4. The van der Waals surface area contributed by atoms with Gasteiger partial charge in [-0.05, 0) is 30.3 Å². The van der Waals surface area contributed by atoms with E-state index in [2.05, 4.69) is 4.98 Å². The van der Waals surface area contributed by atoms with Crippen LogP contribution >= 0.6 is 35.0 Å². The van der Waals surface area contributed by atoms with E-state index in [1.165, 1.54) is 0 Å². The molecule has 0 fully saturated rings. The Bertz CT molecular complexity index is 770. The van der Waals surface area contributed by atoms with Crippen LogP contribution in [-0.4, -0.2) is 9.38 Å². The average Bonchev–Trinajstić information content (AvgIpc) is 2.79. The summed E-state index contributed by atoms with van der Waals surface area (Å²) in [5, 5.41) is 1.36. The lowest BCUT2D eigenvalue weighted by molar-refractivity contribution is 1.18. The molecule has 3 nitrogen and oxygen atoms in total. The Hall–Kier alpha value is -1.36. The zero-order chi connectivity index (χ0) is 14.1. The summed E-state index contributed by atoms with van der Waals surface area (Å²) in [5.74, 6) is 0.739. The van der Waals surface area contributed by atoms with Crippen molar-refractivity contribution in [2.24, 2.45) is 0 Å². The SMILES string of the molecule is Nc1ccc(SCc2cn3cc(Cl)ccc3n2)c(Cl)c1. The Morgan fingerprint density at radius 1 is 1.15 bits per heavy atom. The van der Waals surface area contributed by atoms with Crippen molar-refractivity contribution in [3.05, 3.63) is 58.5 Å². The number of nitrogen functional groups attached to an aromatic ring is 1. The molecule has 2 aromatic heterocycles. The normalized spacial score (nSPS) is 11.1. The fourth-order valence-corrected chi connectivity index (χ4v) is 3.20. The van der Waals surface area contributed by atoms with Gasteiger partial charge in [-0.1, -0.05) is 23.2 Å². The van der Waals surface area contributed by atoms with Crippen LogP contribution in [0.25, 0.3) is 5.65 Å². The van der Waals surface area contributed by atoms with E-state index in [-0.39, 0.29) is 0 Å². The highest BCUT2D eigenvalue weighted by molar-refractivity contribution is 7.98. The Kier molecular flexibility index (Phi) is 3.78. The maximum absolute atomic E-state index is 6.15. The number of fused-ring (bicyclic) bond motifs is 1. The van der Waals surface area contributed by atoms with E-state index in [0.717, 1.165) is 22.0 Å². The highest BCUT2D eigenvalue weighted by Crippen LogP contribution is 2.31. The molecule has 0 aliphatic heterocycles. The molecule has 3 rings (SSSR count). The molecule has 2 N–H and O–H groups in total. The number of hydrogen-bond donors (Lipinski definition) is 1. The first-order valence-electron chi connectivity index (χ1n) is 5.93. The summed E-state index contributed by atoms with van der Waals surface area (Å²) in [7, 11) is 0. The number of nitrogens with zero attached hydrogens (tertiary/aromatic N) is 2. The number of aromatic nitrogens is 2. The third kappa shape index (κ3) is 2.87. The number of nitrogens with two attached hydrogens (primary N) is 1. The lowest BCUT2D eigenvalue weighted by atomic mass is 10.3. The summed E-state index contributed by atoms with van der Waals surface area (Å²) in [6.07, 6.45) is 3.81. The van der Waals surface area contributed by atoms with Crippen LogP contribution in [0.3, 0.4) is 0 Å². The quantitative estimate of drug-likeness (QED) is 0.569. The Morgan fingerprint density at radius 2 is 2.00 bits per heavy atom. The van der Waals surface area contributed by atoms with E-state index in [9.17, 15) is 0 Å². The van der Waals surface area contributed by atoms with Gasteiger partial charge >= 0.3 is 0 Å². The summed E-state index contributed by atoms with van der Waals surface area (Å²) >= 11 is 13.7. The van der Waals surface area contributed by atoms with Gasteiger partial charge in [-0.15, -0.1) is 11.8 Å². The Balaban J connectivity index is 1.79. The van der Waals surface area contributed by atoms with Gasteiger partial charge in [-0.3, -0.25) is 0 Å². The second-order valence-corrected chi connectivity index (χ2v) is 6.18. The minimum Gasteiger partial charge on any atom is -0.399 e. The average molecular weight is 324 g/mol. The molecule has 102 valence electrons. The van der Waals surface area contributed by atoms with E-state index >= 15 is 0 Å². The van der Waals surface area contributed by atoms with Crippen molar-refractivity contribution in [2.75, 3.05) is 5.73 Å². The molecule has 0 aliphatic carbocycles. The molecular weight excluding hydrogens is 313 g/mol. The molecule has 0 spiro atoms. The van der Waals surface area contributed by atoms with Gasteiger partial charge < -0.3 is 10.1 Å². The molecule has 0 atom stereocenters. The predicted octanol–water partition coefficient (Wildman–Crippen LogP) is 4.52. The van der Waals surface area contributed by atoms with Gasteiger partial charge in [0.25, 0.3) is 0 Å². The highest BCUT2D eigenvalue weighted by Gasteiger charge is 2.06. The first-order valence-corrected chi connectivity index (χ1v) is 7.67. The molecule has 0 amide bonds. The van der Waals surface area contributed by atoms with Crippen LogP contribution in [0.2, 0.25) is 10.0 Å². The first-order chi connectivity index (χ1) is 9.61. The number of anilines is 1. The van der Waals surface area contributed by atoms with Crippen molar-refractivity contribution < 1.29 is 0 Å². The highest BCUT2D eigenvalue weighted by atomic mass is 35.5. The second-order valence-electron chi connectivity index (χ2n) is 4.32. The van der Waals surface area contributed by atoms with Gasteiger partial charge in [0.2, 0.25) is 0 Å². The number of benzene rings is 1. The first kappa shape index (κ1) is 13.6. The molecule has 20 heavy (non-hydrogen) atoms. The zero-order valence-corrected chi connectivity index (χ0v) is 12.7. The van der Waals surface area contributed by atoms with E-state index < -0.39 is 0 Å². The number of imidazole rings is 1. The smallest absolute Gasteiger partial charge is 0.137 e. The van der Waals surface area contributed by atoms with Gasteiger partial charge in [-0.2, -0.15) is 0 Å². The van der Waals surface area contributed by atoms with Crippen molar-refractivity contribution >= 4 is 46.3 Å². The van der Waals surface area contributed by atoms with Crippen molar-refractivity contribution in [1.82, 2.24) is 9.38 Å². The van der Waals surface area contributed by atoms with Gasteiger partial charge in [0.1, 0.15) is 5.65 Å². The molecule has 0 aliphatic rings. The van der Waals surface area contributed by atoms with Crippen LogP contribution in [0.4, 0.5) is 5.69 Å². The van der Waals surface area contributed by atoms with E-state index in [4.69, 9.17) is 28.9 Å². The van der Waals surface area contributed by atoms with Crippen LogP contribution < -0.4 is 5.73 Å². The fourth-order valence-electron chi connectivity index (χ4n) is 1.87. The number of halogens is 2. The lowest BCUT2D eigenvalue weighted by Gasteiger charge is -2.03. The number of rotatable bonds is 3. The summed E-state index contributed by atoms with van der Waals surface area (Å²) < 4.78 is 1.92. The maximum Gasteiger partial charge on any atom is 0.137 e. The van der Waals surface area contributed by atoms with E-state index in [1.807, 2.05) is 41.1 Å². The standard InChI is InChI=1S/C14H11Cl2N3S/c15-9-1-4-14-18-11(7-19(14)6-9)8-20-13-3-2-10(17)5-12(13)16/h1-7H,8,17H2. The molecule has 3 aromatic rings. The maximum atomic E-state index is 6.15. The van der Waals surface area contributed by atoms with Gasteiger partial charge in [0.05, 0.1) is 15.7 Å². The third-order valence-electron chi connectivity index (χ3n) is 2.80. The molecule has 0 radical (unpaired) electrons. The molecule has 0 bridgehead atoms. The summed E-state index contributed by atoms with van der Waals surface area (Å²) in [6, 6.07) is 9.25. The van der Waals surface area contributed by atoms with Crippen LogP contribution in [0.15, 0.2) is 47.6 Å². The van der Waals surface area contributed by atoms with Crippen molar-refractivity contribution in [1.29, 1.82) is 0 Å². The second kappa shape index (κ2) is 5.56. The monoisotopic (exact) mass is 323 g/mol. The fraction of sp³-hybridized carbons (Fsp3) is 0.0714. The van der Waals surface area contributed by atoms with Crippen molar-refractivity contribution in [3.8, 4) is 0 Å². The minimum absolute atomic E-state index is 0.668. The molecule has 0 saturated heterocycles. The molecule has 1 aromatic carbocycles. The van der Waals surface area contributed by atoms with Gasteiger partial charge in [0, 0.05) is 28.7 Å². The van der Waals surface area contributed by atoms with Crippen LogP contribution in [-0.2, 0) is 5.75 Å². The number of thioether (sulfide) groups is 1. The van der Waals surface area contributed by atoms with Crippen molar-refractivity contribution in [3.63, 3.8) is 0 Å². The molecule has 0 unspecified atom stereocenters. The van der Waals surface area contributed by atoms with Crippen LogP contribution in [0.1, 0.15) is 5.69 Å². The molecule has 2 heterocycles. The van der Waals surface area contributed by atoms with Gasteiger partial charge in [-0.25, -0.2) is 4.98 Å². The summed E-state index contributed by atoms with van der Waals surface area (Å²) in [6.45, 7) is 0. The van der Waals surface area contributed by atoms with Crippen LogP contribution in [0.5, 0.6) is 0 Å². The Labute approximate surface area is 130 Å². The minimum atomic E-state index is 0.668.